The van der Waals surface area contributed by atoms with Crippen molar-refractivity contribution in [2.24, 2.45) is 0 Å². The first-order valence-electron chi connectivity index (χ1n) is 8.61. The summed E-state index contributed by atoms with van der Waals surface area (Å²) in [5.74, 6) is 0.944. The van der Waals surface area contributed by atoms with Gasteiger partial charge in [0.1, 0.15) is 11.9 Å². The van der Waals surface area contributed by atoms with Gasteiger partial charge in [-0.25, -0.2) is 4.98 Å². The van der Waals surface area contributed by atoms with Crippen molar-refractivity contribution < 1.29 is 9.47 Å². The number of nitrogen functional groups attached to an aromatic ring is 1. The number of nitrogens with zero attached hydrogens (tertiary/aromatic N) is 2. The molecule has 0 unspecified atom stereocenters. The Balaban J connectivity index is 1.45. The molecule has 3 heterocycles. The lowest BCUT2D eigenvalue weighted by Crippen LogP contribution is -2.26. The Morgan fingerprint density at radius 3 is 2.67 bits per heavy atom. The molecule has 1 aromatic carbocycles. The normalized spacial score (nSPS) is 22.0. The van der Waals surface area contributed by atoms with Gasteiger partial charge in [-0.2, -0.15) is 0 Å². The first kappa shape index (κ1) is 15.7. The second-order valence-electron chi connectivity index (χ2n) is 6.39. The van der Waals surface area contributed by atoms with Crippen molar-refractivity contribution in [1.82, 2.24) is 4.98 Å². The molecule has 2 N–H and O–H groups in total. The highest BCUT2D eigenvalue weighted by molar-refractivity contribution is 7.13. The van der Waals surface area contributed by atoms with Crippen molar-refractivity contribution >= 4 is 22.2 Å². The Labute approximate surface area is 146 Å². The van der Waals surface area contributed by atoms with Crippen LogP contribution in [0.4, 0.5) is 10.8 Å². The van der Waals surface area contributed by atoms with Gasteiger partial charge in [-0.05, 0) is 37.1 Å². The zero-order valence-electron chi connectivity index (χ0n) is 13.7. The van der Waals surface area contributed by atoms with E-state index in [1.165, 1.54) is 23.4 Å². The van der Waals surface area contributed by atoms with Crippen LogP contribution in [0.15, 0.2) is 29.6 Å². The minimum Gasteiger partial charge on any atom is -0.490 e. The molecule has 2 aliphatic rings. The molecule has 2 aliphatic heterocycles. The van der Waals surface area contributed by atoms with Crippen molar-refractivity contribution in [3.8, 4) is 5.75 Å². The van der Waals surface area contributed by atoms with Crippen LogP contribution in [0.2, 0.25) is 0 Å². The summed E-state index contributed by atoms with van der Waals surface area (Å²) in [4.78, 5) is 6.90. The molecule has 0 saturated carbocycles. The van der Waals surface area contributed by atoms with Crippen LogP contribution in [0, 0.1) is 0 Å². The highest BCUT2D eigenvalue weighted by Crippen LogP contribution is 2.37. The Bertz CT molecular complexity index is 667. The fourth-order valence-corrected chi connectivity index (χ4v) is 4.15. The summed E-state index contributed by atoms with van der Waals surface area (Å²) >= 11 is 1.52. The van der Waals surface area contributed by atoms with Crippen LogP contribution in [-0.4, -0.2) is 30.8 Å². The van der Waals surface area contributed by atoms with Crippen LogP contribution in [-0.2, 0) is 4.74 Å². The zero-order valence-corrected chi connectivity index (χ0v) is 14.5. The molecule has 6 heteroatoms. The number of ether oxygens (including phenoxy) is 2. The second-order valence-corrected chi connectivity index (χ2v) is 7.28. The standard InChI is InChI=1S/C18H23N3O2S/c19-18-20-16(12-24-18)17-2-1-9-21(17)13-3-5-14(6-4-13)23-15-7-10-22-11-8-15/h3-6,12,15,17H,1-2,7-11H2,(H2,19,20)/t17-/m1/s1. The molecule has 0 amide bonds. The monoisotopic (exact) mass is 345 g/mol. The van der Waals surface area contributed by atoms with E-state index in [4.69, 9.17) is 15.2 Å². The van der Waals surface area contributed by atoms with Gasteiger partial charge in [-0.3, -0.25) is 0 Å². The third-order valence-electron chi connectivity index (χ3n) is 4.77. The molecule has 2 aromatic rings. The Hall–Kier alpha value is -1.79. The van der Waals surface area contributed by atoms with Crippen LogP contribution in [0.25, 0.3) is 0 Å². The van der Waals surface area contributed by atoms with Gasteiger partial charge in [0.15, 0.2) is 5.13 Å². The van der Waals surface area contributed by atoms with Crippen molar-refractivity contribution in [3.63, 3.8) is 0 Å². The zero-order chi connectivity index (χ0) is 16.4. The second kappa shape index (κ2) is 6.99. The topological polar surface area (TPSA) is 60.6 Å². The van der Waals surface area contributed by atoms with Crippen molar-refractivity contribution in [2.75, 3.05) is 30.4 Å². The number of hydrogen-bond acceptors (Lipinski definition) is 6. The molecule has 4 rings (SSSR count). The third kappa shape index (κ3) is 3.35. The van der Waals surface area contributed by atoms with Crippen LogP contribution >= 0.6 is 11.3 Å². The van der Waals surface area contributed by atoms with Gasteiger partial charge in [0, 0.05) is 30.5 Å². The molecule has 1 atom stereocenters. The molecule has 0 spiro atoms. The van der Waals surface area contributed by atoms with Gasteiger partial charge in [0.2, 0.25) is 0 Å². The average Bonchev–Trinajstić information content (AvgIpc) is 3.25. The Kier molecular flexibility index (Phi) is 4.58. The SMILES string of the molecule is Nc1nc([C@H]2CCCN2c2ccc(OC3CCOCC3)cc2)cs1. The predicted molar refractivity (Wildman–Crippen MR) is 96.8 cm³/mol. The lowest BCUT2D eigenvalue weighted by molar-refractivity contribution is 0.0256. The average molecular weight is 345 g/mol. The highest BCUT2D eigenvalue weighted by Gasteiger charge is 2.28. The molecule has 0 radical (unpaired) electrons. The summed E-state index contributed by atoms with van der Waals surface area (Å²) < 4.78 is 11.4. The van der Waals surface area contributed by atoms with Crippen molar-refractivity contribution in [1.29, 1.82) is 0 Å². The first-order chi connectivity index (χ1) is 11.8. The molecule has 128 valence electrons. The van der Waals surface area contributed by atoms with Crippen molar-refractivity contribution in [2.45, 2.75) is 37.8 Å². The van der Waals surface area contributed by atoms with Gasteiger partial charge in [-0.15, -0.1) is 11.3 Å². The van der Waals surface area contributed by atoms with Crippen LogP contribution in [0.3, 0.4) is 0 Å². The van der Waals surface area contributed by atoms with E-state index in [1.807, 2.05) is 0 Å². The smallest absolute Gasteiger partial charge is 0.180 e. The maximum atomic E-state index is 6.06. The van der Waals surface area contributed by atoms with E-state index in [1.54, 1.807) is 0 Å². The van der Waals surface area contributed by atoms with Gasteiger partial charge >= 0.3 is 0 Å². The van der Waals surface area contributed by atoms with Gasteiger partial charge in [-0.1, -0.05) is 0 Å². The fourth-order valence-electron chi connectivity index (χ4n) is 3.54. The lowest BCUT2D eigenvalue weighted by atomic mass is 10.1. The Morgan fingerprint density at radius 1 is 1.17 bits per heavy atom. The number of nitrogens with two attached hydrogens (primary N) is 1. The van der Waals surface area contributed by atoms with Gasteiger partial charge in [0.05, 0.1) is 24.9 Å². The molecule has 0 aliphatic carbocycles. The molecule has 5 nitrogen and oxygen atoms in total. The lowest BCUT2D eigenvalue weighted by Gasteiger charge is -2.26. The summed E-state index contributed by atoms with van der Waals surface area (Å²) in [5, 5.41) is 2.73. The minimum atomic E-state index is 0.280. The van der Waals surface area contributed by atoms with E-state index in [0.29, 0.717) is 11.2 Å². The van der Waals surface area contributed by atoms with E-state index < -0.39 is 0 Å². The molecule has 2 saturated heterocycles. The van der Waals surface area contributed by atoms with E-state index in [-0.39, 0.29) is 6.10 Å². The minimum absolute atomic E-state index is 0.280. The number of benzene rings is 1. The maximum absolute atomic E-state index is 6.06. The first-order valence-corrected chi connectivity index (χ1v) is 9.49. The summed E-state index contributed by atoms with van der Waals surface area (Å²) in [6, 6.07) is 8.80. The quantitative estimate of drug-likeness (QED) is 0.917. The summed E-state index contributed by atoms with van der Waals surface area (Å²) in [5.41, 5.74) is 8.12. The fraction of sp³-hybridized carbons (Fsp3) is 0.500. The molecule has 1 aromatic heterocycles. The van der Waals surface area contributed by atoms with Gasteiger partial charge < -0.3 is 20.1 Å². The highest BCUT2D eigenvalue weighted by atomic mass is 32.1. The molecular formula is C18H23N3O2S. The maximum Gasteiger partial charge on any atom is 0.180 e. The predicted octanol–water partition coefficient (Wildman–Crippen LogP) is 3.62. The summed E-state index contributed by atoms with van der Waals surface area (Å²) in [6.07, 6.45) is 4.54. The summed E-state index contributed by atoms with van der Waals surface area (Å²) in [7, 11) is 0. The number of thiazole rings is 1. The van der Waals surface area contributed by atoms with E-state index >= 15 is 0 Å². The van der Waals surface area contributed by atoms with E-state index in [9.17, 15) is 0 Å². The van der Waals surface area contributed by atoms with Crippen LogP contribution < -0.4 is 15.4 Å². The van der Waals surface area contributed by atoms with E-state index in [2.05, 4.69) is 39.5 Å². The van der Waals surface area contributed by atoms with E-state index in [0.717, 1.165) is 50.5 Å². The Morgan fingerprint density at radius 2 is 1.96 bits per heavy atom. The largest absolute Gasteiger partial charge is 0.490 e. The number of aromatic nitrogens is 1. The van der Waals surface area contributed by atoms with Gasteiger partial charge in [0.25, 0.3) is 0 Å². The number of hydrogen-bond donors (Lipinski definition) is 1. The molecular weight excluding hydrogens is 322 g/mol. The third-order valence-corrected chi connectivity index (χ3v) is 5.47. The molecule has 24 heavy (non-hydrogen) atoms. The molecule has 2 fully saturated rings. The van der Waals surface area contributed by atoms with Crippen LogP contribution in [0.5, 0.6) is 5.75 Å². The number of anilines is 2. The number of rotatable bonds is 4. The molecule has 0 bridgehead atoms. The van der Waals surface area contributed by atoms with Crippen LogP contribution in [0.1, 0.15) is 37.4 Å². The van der Waals surface area contributed by atoms with Crippen molar-refractivity contribution in [3.05, 3.63) is 35.3 Å². The summed E-state index contributed by atoms with van der Waals surface area (Å²) in [6.45, 7) is 2.66.